The number of aliphatic carboxylic acids is 1. The van der Waals surface area contributed by atoms with Crippen LogP contribution in [0.25, 0.3) is 0 Å². The number of fused-ring (bicyclic) bond motifs is 1. The molecular weight excluding hydrogens is 312 g/mol. The molecule has 6 N–H and O–H groups in total. The van der Waals surface area contributed by atoms with Crippen molar-refractivity contribution in [3.8, 4) is 5.75 Å². The normalized spacial score (nSPS) is 16.0. The molecule has 0 saturated carbocycles. The Morgan fingerprint density at radius 1 is 1.38 bits per heavy atom. The largest absolute Gasteiger partial charge is 0.494 e. The molecule has 0 aromatic heterocycles. The molecule has 1 aliphatic heterocycles. The Morgan fingerprint density at radius 2 is 2.17 bits per heavy atom. The lowest BCUT2D eigenvalue weighted by Gasteiger charge is -2.24. The second-order valence-electron chi connectivity index (χ2n) is 5.67. The van der Waals surface area contributed by atoms with Crippen LogP contribution < -0.4 is 21.5 Å². The fourth-order valence-electron chi connectivity index (χ4n) is 2.53. The molecule has 0 bridgehead atoms. The highest BCUT2D eigenvalue weighted by atomic mass is 16.5. The first kappa shape index (κ1) is 17.6. The molecule has 24 heavy (non-hydrogen) atoms. The monoisotopic (exact) mass is 334 g/mol. The molecule has 0 saturated heterocycles. The summed E-state index contributed by atoms with van der Waals surface area (Å²) in [4.78, 5) is 26.6. The zero-order valence-corrected chi connectivity index (χ0v) is 13.3. The maximum absolute atomic E-state index is 11.9. The van der Waals surface area contributed by atoms with Gasteiger partial charge in [-0.2, -0.15) is 0 Å². The number of aliphatic imine (C=N–C) groups is 1. The van der Waals surface area contributed by atoms with Crippen LogP contribution in [0.15, 0.2) is 23.2 Å². The lowest BCUT2D eigenvalue weighted by Crippen LogP contribution is -2.31. The number of amides is 1. The minimum Gasteiger partial charge on any atom is -0.494 e. The van der Waals surface area contributed by atoms with E-state index in [1.54, 1.807) is 12.1 Å². The number of anilines is 1. The molecule has 0 aliphatic carbocycles. The van der Waals surface area contributed by atoms with E-state index in [1.807, 2.05) is 6.07 Å². The molecule has 1 heterocycles. The Labute approximate surface area is 139 Å². The maximum Gasteiger partial charge on any atom is 0.304 e. The number of rotatable bonds is 8. The summed E-state index contributed by atoms with van der Waals surface area (Å²) < 4.78 is 5.68. The highest BCUT2D eigenvalue weighted by Crippen LogP contribution is 2.30. The first-order valence-electron chi connectivity index (χ1n) is 7.79. The third kappa shape index (κ3) is 5.15. The van der Waals surface area contributed by atoms with E-state index >= 15 is 0 Å². The number of hydrogen-bond acceptors (Lipinski definition) is 4. The molecule has 8 heteroatoms. The molecule has 1 aliphatic rings. The Hall–Kier alpha value is -2.77. The molecule has 1 aromatic rings. The predicted octanol–water partition coefficient (Wildman–Crippen LogP) is 0.704. The molecule has 0 radical (unpaired) electrons. The van der Waals surface area contributed by atoms with Crippen molar-refractivity contribution in [1.29, 1.82) is 0 Å². The van der Waals surface area contributed by atoms with Crippen molar-refractivity contribution < 1.29 is 19.4 Å². The van der Waals surface area contributed by atoms with Gasteiger partial charge >= 0.3 is 5.97 Å². The van der Waals surface area contributed by atoms with E-state index in [4.69, 9.17) is 21.3 Å². The van der Waals surface area contributed by atoms with Crippen LogP contribution in [0.5, 0.6) is 5.75 Å². The van der Waals surface area contributed by atoms with Crippen LogP contribution in [0.1, 0.15) is 24.8 Å². The van der Waals surface area contributed by atoms with Crippen molar-refractivity contribution in [1.82, 2.24) is 0 Å². The van der Waals surface area contributed by atoms with Crippen molar-refractivity contribution in [3.63, 3.8) is 0 Å². The molecular formula is C16H22N4O4. The average Bonchev–Trinajstić information content (AvgIpc) is 2.51. The molecule has 0 spiro atoms. The number of hydrogen-bond donors (Lipinski definition) is 4. The SMILES string of the molecule is NC(N)=NCCCCOc1ccc2c(c1)CC(CC(=O)O)C(=O)N2. The first-order valence-corrected chi connectivity index (χ1v) is 7.79. The van der Waals surface area contributed by atoms with Crippen LogP contribution in [0.4, 0.5) is 5.69 Å². The Bertz CT molecular complexity index is 641. The summed E-state index contributed by atoms with van der Waals surface area (Å²) in [5.74, 6) is -1.00. The molecule has 1 aromatic carbocycles. The number of carboxylic acid groups (broad SMARTS) is 1. The quantitative estimate of drug-likeness (QED) is 0.313. The number of nitrogens with one attached hydrogen (secondary N) is 1. The standard InChI is InChI=1S/C16H22N4O4/c17-16(18)19-5-1-2-6-24-12-3-4-13-10(8-12)7-11(9-14(21)22)15(23)20-13/h3-4,8,11H,1-2,5-7,9H2,(H,20,23)(H,21,22)(H4,17,18,19). The van der Waals surface area contributed by atoms with E-state index in [1.165, 1.54) is 0 Å². The fraction of sp³-hybridized carbons (Fsp3) is 0.438. The van der Waals surface area contributed by atoms with Gasteiger partial charge in [-0.05, 0) is 43.0 Å². The fourth-order valence-corrected chi connectivity index (χ4v) is 2.53. The Balaban J connectivity index is 1.88. The van der Waals surface area contributed by atoms with Crippen LogP contribution >= 0.6 is 0 Å². The van der Waals surface area contributed by atoms with Crippen molar-refractivity contribution in [2.75, 3.05) is 18.5 Å². The van der Waals surface area contributed by atoms with Gasteiger partial charge in [-0.1, -0.05) is 0 Å². The van der Waals surface area contributed by atoms with Gasteiger partial charge in [-0.15, -0.1) is 0 Å². The van der Waals surface area contributed by atoms with E-state index < -0.39 is 11.9 Å². The number of guanidine groups is 1. The van der Waals surface area contributed by atoms with E-state index in [2.05, 4.69) is 10.3 Å². The lowest BCUT2D eigenvalue weighted by atomic mass is 9.90. The van der Waals surface area contributed by atoms with Crippen molar-refractivity contribution in [3.05, 3.63) is 23.8 Å². The van der Waals surface area contributed by atoms with Crippen LogP contribution in [-0.2, 0) is 16.0 Å². The lowest BCUT2D eigenvalue weighted by molar-refractivity contribution is -0.140. The van der Waals surface area contributed by atoms with Crippen LogP contribution in [-0.4, -0.2) is 36.1 Å². The topological polar surface area (TPSA) is 140 Å². The summed E-state index contributed by atoms with van der Waals surface area (Å²) in [5.41, 5.74) is 12.1. The number of ether oxygens (including phenoxy) is 1. The van der Waals surface area contributed by atoms with E-state index in [0.29, 0.717) is 31.0 Å². The summed E-state index contributed by atoms with van der Waals surface area (Å²) in [7, 11) is 0. The Morgan fingerprint density at radius 3 is 2.88 bits per heavy atom. The average molecular weight is 334 g/mol. The number of nitrogens with two attached hydrogens (primary N) is 2. The number of carbonyl (C=O) groups is 2. The summed E-state index contributed by atoms with van der Waals surface area (Å²) in [6.07, 6.45) is 1.85. The molecule has 1 unspecified atom stereocenters. The van der Waals surface area contributed by atoms with Gasteiger partial charge in [0.2, 0.25) is 5.91 Å². The number of nitrogens with zero attached hydrogens (tertiary/aromatic N) is 1. The smallest absolute Gasteiger partial charge is 0.304 e. The molecule has 130 valence electrons. The van der Waals surface area contributed by atoms with Gasteiger partial charge in [-0.25, -0.2) is 0 Å². The zero-order valence-electron chi connectivity index (χ0n) is 13.3. The van der Waals surface area contributed by atoms with E-state index in [0.717, 1.165) is 18.4 Å². The van der Waals surface area contributed by atoms with Gasteiger partial charge in [-0.3, -0.25) is 14.6 Å². The number of carbonyl (C=O) groups excluding carboxylic acids is 1. The van der Waals surface area contributed by atoms with Gasteiger partial charge < -0.3 is 26.6 Å². The molecule has 8 nitrogen and oxygen atoms in total. The molecule has 1 atom stereocenters. The van der Waals surface area contributed by atoms with Crippen LogP contribution in [0.3, 0.4) is 0 Å². The molecule has 1 amide bonds. The van der Waals surface area contributed by atoms with Gasteiger partial charge in [0.1, 0.15) is 5.75 Å². The number of carboxylic acids is 1. The van der Waals surface area contributed by atoms with Crippen LogP contribution in [0.2, 0.25) is 0 Å². The van der Waals surface area contributed by atoms with Gasteiger partial charge in [0.05, 0.1) is 18.9 Å². The third-order valence-corrected chi connectivity index (χ3v) is 3.71. The van der Waals surface area contributed by atoms with Gasteiger partial charge in [0, 0.05) is 12.2 Å². The highest BCUT2D eigenvalue weighted by Gasteiger charge is 2.28. The van der Waals surface area contributed by atoms with Gasteiger partial charge in [0.25, 0.3) is 0 Å². The van der Waals surface area contributed by atoms with Crippen molar-refractivity contribution >= 4 is 23.5 Å². The van der Waals surface area contributed by atoms with E-state index in [9.17, 15) is 9.59 Å². The van der Waals surface area contributed by atoms with E-state index in [-0.39, 0.29) is 18.3 Å². The van der Waals surface area contributed by atoms with Crippen LogP contribution in [0, 0.1) is 5.92 Å². The third-order valence-electron chi connectivity index (χ3n) is 3.71. The molecule has 0 fully saturated rings. The zero-order chi connectivity index (χ0) is 17.5. The number of unbranched alkanes of at least 4 members (excludes halogenated alkanes) is 1. The first-order chi connectivity index (χ1) is 11.5. The number of benzene rings is 1. The van der Waals surface area contributed by atoms with Crippen molar-refractivity contribution in [2.45, 2.75) is 25.7 Å². The summed E-state index contributed by atoms with van der Waals surface area (Å²) in [6.45, 7) is 1.10. The summed E-state index contributed by atoms with van der Waals surface area (Å²) in [5, 5.41) is 11.6. The molecule has 2 rings (SSSR count). The minimum atomic E-state index is -0.980. The highest BCUT2D eigenvalue weighted by molar-refractivity contribution is 5.97. The summed E-state index contributed by atoms with van der Waals surface area (Å²) in [6, 6.07) is 5.41. The summed E-state index contributed by atoms with van der Waals surface area (Å²) >= 11 is 0. The van der Waals surface area contributed by atoms with Gasteiger partial charge in [0.15, 0.2) is 5.96 Å². The second kappa shape index (κ2) is 8.19. The minimum absolute atomic E-state index is 0.0866. The Kier molecular flexibility index (Phi) is 6.00. The van der Waals surface area contributed by atoms with Crippen molar-refractivity contribution in [2.24, 2.45) is 22.4 Å². The predicted molar refractivity (Wildman–Crippen MR) is 89.9 cm³/mol. The maximum atomic E-state index is 11.9. The second-order valence-corrected chi connectivity index (χ2v) is 5.67.